The Kier molecular flexibility index (Phi) is 8.27. The lowest BCUT2D eigenvalue weighted by Crippen LogP contribution is -2.36. The average molecular weight is 525 g/mol. The van der Waals surface area contributed by atoms with Crippen LogP contribution in [-0.4, -0.2) is 64.0 Å². The number of hydrogen-bond acceptors (Lipinski definition) is 8. The highest BCUT2D eigenvalue weighted by Gasteiger charge is 2.17. The van der Waals surface area contributed by atoms with E-state index in [0.717, 1.165) is 43.2 Å². The highest BCUT2D eigenvalue weighted by Crippen LogP contribution is 2.25. The number of pyridine rings is 1. The van der Waals surface area contributed by atoms with Gasteiger partial charge in [0.25, 0.3) is 0 Å². The number of nitrogens with two attached hydrogens (primary N) is 1. The van der Waals surface area contributed by atoms with E-state index >= 15 is 0 Å². The topological polar surface area (TPSA) is 130 Å². The first-order chi connectivity index (χ1) is 17.7. The number of hydrogen-bond donors (Lipinski definition) is 3. The summed E-state index contributed by atoms with van der Waals surface area (Å²) in [5, 5.41) is 6.61. The van der Waals surface area contributed by atoms with Crippen molar-refractivity contribution in [2.24, 2.45) is 5.73 Å². The largest absolute Gasteiger partial charge is 0.381 e. The third-order valence-corrected chi connectivity index (χ3v) is 7.84. The Balaban J connectivity index is 1.50. The number of primary amides is 1. The second-order valence-electron chi connectivity index (χ2n) is 8.93. The smallest absolute Gasteiger partial charge is 0.242 e. The van der Waals surface area contributed by atoms with Gasteiger partial charge in [-0.25, -0.2) is 17.7 Å². The van der Waals surface area contributed by atoms with Crippen LogP contribution in [0.25, 0.3) is 0 Å². The standard InChI is InChI=1S/C26H32N6O4S/c1-31(2)37(34,35)23-5-3-4-19(14-23)17-28-24-16-26(29-18-20(24)15-25(27)33)30-21-6-8-22(9-7-21)32-10-12-36-13-11-32/h3-9,14,16,18H,10-13,15,17H2,1-2H3,(H2,27,33)(H2,28,29,30). The van der Waals surface area contributed by atoms with Gasteiger partial charge in [-0.1, -0.05) is 12.1 Å². The molecule has 196 valence electrons. The molecule has 0 radical (unpaired) electrons. The summed E-state index contributed by atoms with van der Waals surface area (Å²) in [6, 6.07) is 16.7. The summed E-state index contributed by atoms with van der Waals surface area (Å²) in [6.45, 7) is 3.55. The maximum absolute atomic E-state index is 12.5. The molecule has 11 heteroatoms. The molecular weight excluding hydrogens is 492 g/mol. The molecule has 1 fully saturated rings. The van der Waals surface area contributed by atoms with Crippen LogP contribution in [0.15, 0.2) is 65.7 Å². The lowest BCUT2D eigenvalue weighted by molar-refractivity contribution is -0.117. The predicted octanol–water partition coefficient (Wildman–Crippen LogP) is 2.55. The molecule has 10 nitrogen and oxygen atoms in total. The molecular formula is C26H32N6O4S. The molecule has 2 aromatic carbocycles. The molecule has 0 unspecified atom stereocenters. The minimum absolute atomic E-state index is 0.0267. The van der Waals surface area contributed by atoms with E-state index in [1.807, 2.05) is 24.3 Å². The van der Waals surface area contributed by atoms with E-state index in [1.54, 1.807) is 24.4 Å². The fourth-order valence-corrected chi connectivity index (χ4v) is 4.97. The van der Waals surface area contributed by atoms with Crippen molar-refractivity contribution in [1.82, 2.24) is 9.29 Å². The van der Waals surface area contributed by atoms with Crippen LogP contribution in [0, 0.1) is 0 Å². The third kappa shape index (κ3) is 6.76. The number of rotatable bonds is 10. The van der Waals surface area contributed by atoms with E-state index < -0.39 is 15.9 Å². The molecule has 0 aliphatic carbocycles. The number of anilines is 4. The number of sulfonamides is 1. The zero-order valence-electron chi connectivity index (χ0n) is 21.0. The summed E-state index contributed by atoms with van der Waals surface area (Å²) in [6.07, 6.45) is 1.64. The Morgan fingerprint density at radius 3 is 2.51 bits per heavy atom. The molecule has 3 aromatic rings. The van der Waals surface area contributed by atoms with Crippen LogP contribution < -0.4 is 21.3 Å². The normalized spacial score (nSPS) is 14.0. The molecule has 1 aliphatic heterocycles. The van der Waals surface area contributed by atoms with Crippen LogP contribution in [0.4, 0.5) is 22.9 Å². The van der Waals surface area contributed by atoms with E-state index in [2.05, 4.69) is 32.7 Å². The van der Waals surface area contributed by atoms with Gasteiger partial charge in [-0.2, -0.15) is 0 Å². The molecule has 2 heterocycles. The zero-order valence-corrected chi connectivity index (χ0v) is 21.8. The second kappa shape index (κ2) is 11.6. The van der Waals surface area contributed by atoms with Crippen LogP contribution in [-0.2, 0) is 32.5 Å². The molecule has 4 rings (SSSR count). The SMILES string of the molecule is CN(C)S(=O)(=O)c1cccc(CNc2cc(Nc3ccc(N4CCOCC4)cc3)ncc2CC(N)=O)c1. The first-order valence-electron chi connectivity index (χ1n) is 11.9. The number of nitrogens with one attached hydrogen (secondary N) is 2. The van der Waals surface area contributed by atoms with Gasteiger partial charge in [-0.15, -0.1) is 0 Å². The average Bonchev–Trinajstić information content (AvgIpc) is 2.89. The van der Waals surface area contributed by atoms with E-state index in [-0.39, 0.29) is 11.3 Å². The van der Waals surface area contributed by atoms with Crippen molar-refractivity contribution in [1.29, 1.82) is 0 Å². The molecule has 0 atom stereocenters. The van der Waals surface area contributed by atoms with Crippen LogP contribution in [0.5, 0.6) is 0 Å². The summed E-state index contributed by atoms with van der Waals surface area (Å²) < 4.78 is 31.6. The Labute approximate surface area is 217 Å². The van der Waals surface area contributed by atoms with Crippen molar-refractivity contribution in [3.8, 4) is 0 Å². The van der Waals surface area contributed by atoms with Crippen LogP contribution in [0.3, 0.4) is 0 Å². The second-order valence-corrected chi connectivity index (χ2v) is 11.1. The van der Waals surface area contributed by atoms with Gasteiger partial charge in [-0.3, -0.25) is 4.79 Å². The number of amides is 1. The van der Waals surface area contributed by atoms with Crippen molar-refractivity contribution in [3.63, 3.8) is 0 Å². The summed E-state index contributed by atoms with van der Waals surface area (Å²) in [7, 11) is -0.547. The predicted molar refractivity (Wildman–Crippen MR) is 145 cm³/mol. The number of carbonyl (C=O) groups is 1. The number of morpholine rings is 1. The molecule has 0 saturated carbocycles. The van der Waals surface area contributed by atoms with E-state index in [0.29, 0.717) is 23.6 Å². The van der Waals surface area contributed by atoms with Crippen molar-refractivity contribution < 1.29 is 17.9 Å². The molecule has 0 spiro atoms. The van der Waals surface area contributed by atoms with Crippen molar-refractivity contribution >= 4 is 38.8 Å². The molecule has 4 N–H and O–H groups in total. The molecule has 0 bridgehead atoms. The van der Waals surface area contributed by atoms with Gasteiger partial charge < -0.3 is 26.0 Å². The van der Waals surface area contributed by atoms with Crippen LogP contribution in [0.2, 0.25) is 0 Å². The molecule has 1 amide bonds. The van der Waals surface area contributed by atoms with Gasteiger partial charge in [0.2, 0.25) is 15.9 Å². The summed E-state index contributed by atoms with van der Waals surface area (Å²) in [5.74, 6) is 0.127. The van der Waals surface area contributed by atoms with E-state index in [4.69, 9.17) is 10.5 Å². The van der Waals surface area contributed by atoms with E-state index in [1.165, 1.54) is 18.4 Å². The molecule has 37 heavy (non-hydrogen) atoms. The maximum Gasteiger partial charge on any atom is 0.242 e. The molecule has 1 saturated heterocycles. The number of benzene rings is 2. The van der Waals surface area contributed by atoms with Gasteiger partial charge in [0.05, 0.1) is 24.5 Å². The Bertz CT molecular complexity index is 1340. The van der Waals surface area contributed by atoms with Crippen LogP contribution >= 0.6 is 0 Å². The molecule has 1 aromatic heterocycles. The summed E-state index contributed by atoms with van der Waals surface area (Å²) >= 11 is 0. The fraction of sp³-hybridized carbons (Fsp3) is 0.308. The zero-order chi connectivity index (χ0) is 26.4. The molecule has 1 aliphatic rings. The third-order valence-electron chi connectivity index (χ3n) is 6.03. The fourth-order valence-electron chi connectivity index (χ4n) is 3.99. The van der Waals surface area contributed by atoms with Crippen LogP contribution in [0.1, 0.15) is 11.1 Å². The van der Waals surface area contributed by atoms with Crippen molar-refractivity contribution in [2.75, 3.05) is 55.9 Å². The Hall–Kier alpha value is -3.67. The highest BCUT2D eigenvalue weighted by atomic mass is 32.2. The lowest BCUT2D eigenvalue weighted by Gasteiger charge is -2.28. The van der Waals surface area contributed by atoms with Gasteiger partial charge in [0.15, 0.2) is 0 Å². The number of ether oxygens (including phenoxy) is 1. The monoisotopic (exact) mass is 524 g/mol. The Morgan fingerprint density at radius 1 is 1.11 bits per heavy atom. The number of carbonyl (C=O) groups excluding carboxylic acids is 1. The van der Waals surface area contributed by atoms with Gasteiger partial charge in [0.1, 0.15) is 5.82 Å². The van der Waals surface area contributed by atoms with Gasteiger partial charge in [0, 0.05) is 68.6 Å². The minimum atomic E-state index is -3.54. The van der Waals surface area contributed by atoms with Gasteiger partial charge in [-0.05, 0) is 42.0 Å². The summed E-state index contributed by atoms with van der Waals surface area (Å²) in [4.78, 5) is 18.6. The van der Waals surface area contributed by atoms with E-state index in [9.17, 15) is 13.2 Å². The number of nitrogens with zero attached hydrogens (tertiary/aromatic N) is 3. The quantitative estimate of drug-likeness (QED) is 0.369. The maximum atomic E-state index is 12.5. The van der Waals surface area contributed by atoms with Crippen molar-refractivity contribution in [3.05, 3.63) is 71.9 Å². The summed E-state index contributed by atoms with van der Waals surface area (Å²) in [5.41, 5.74) is 9.56. The minimum Gasteiger partial charge on any atom is -0.381 e. The highest BCUT2D eigenvalue weighted by molar-refractivity contribution is 7.89. The first kappa shape index (κ1) is 26.4. The number of aromatic nitrogens is 1. The first-order valence-corrected chi connectivity index (χ1v) is 13.4. The van der Waals surface area contributed by atoms with Crippen molar-refractivity contribution in [2.45, 2.75) is 17.9 Å². The van der Waals surface area contributed by atoms with Gasteiger partial charge >= 0.3 is 0 Å². The Morgan fingerprint density at radius 2 is 1.84 bits per heavy atom. The lowest BCUT2D eigenvalue weighted by atomic mass is 10.1.